The summed E-state index contributed by atoms with van der Waals surface area (Å²) in [6.07, 6.45) is 3.96. The second-order valence-corrected chi connectivity index (χ2v) is 5.12. The highest BCUT2D eigenvalue weighted by atomic mass is 16.2. The van der Waals surface area contributed by atoms with Crippen molar-refractivity contribution < 1.29 is 4.79 Å². The lowest BCUT2D eigenvalue weighted by molar-refractivity contribution is -0.123. The molecule has 0 atom stereocenters. The normalized spacial score (nSPS) is 16.0. The number of nitriles is 1. The van der Waals surface area contributed by atoms with Crippen molar-refractivity contribution in [3.63, 3.8) is 0 Å². The number of hydrogen-bond donors (Lipinski definition) is 0. The van der Waals surface area contributed by atoms with Crippen LogP contribution >= 0.6 is 0 Å². The molecule has 4 heteroatoms. The van der Waals surface area contributed by atoms with Crippen LogP contribution in [0.1, 0.15) is 30.9 Å². The van der Waals surface area contributed by atoms with Gasteiger partial charge in [0, 0.05) is 20.1 Å². The van der Waals surface area contributed by atoms with Gasteiger partial charge in [0.2, 0.25) is 0 Å². The third-order valence-electron chi connectivity index (χ3n) is 3.68. The summed E-state index contributed by atoms with van der Waals surface area (Å²) in [5.41, 5.74) is 3.07. The summed E-state index contributed by atoms with van der Waals surface area (Å²) in [7, 11) is 1.64. The fraction of sp³-hybridized carbons (Fsp3) is 0.353. The smallest absolute Gasteiger partial charge is 0.271 e. The first-order chi connectivity index (χ1) is 10.2. The number of rotatable bonds is 3. The van der Waals surface area contributed by atoms with Gasteiger partial charge in [-0.2, -0.15) is 5.26 Å². The van der Waals surface area contributed by atoms with E-state index in [4.69, 9.17) is 5.26 Å². The number of aliphatic imine (C=N–C) groups is 1. The van der Waals surface area contributed by atoms with E-state index in [1.54, 1.807) is 19.2 Å². The Hall–Kier alpha value is -2.41. The molecule has 1 aromatic carbocycles. The quantitative estimate of drug-likeness (QED) is 0.800. The van der Waals surface area contributed by atoms with Gasteiger partial charge in [-0.05, 0) is 49.1 Å². The first-order valence-corrected chi connectivity index (χ1v) is 7.10. The van der Waals surface area contributed by atoms with Gasteiger partial charge < -0.3 is 4.90 Å². The van der Waals surface area contributed by atoms with Gasteiger partial charge in [-0.1, -0.05) is 12.1 Å². The maximum atomic E-state index is 12.4. The lowest BCUT2D eigenvalue weighted by Gasteiger charge is -2.15. The molecule has 1 saturated heterocycles. The van der Waals surface area contributed by atoms with Crippen LogP contribution in [0.2, 0.25) is 0 Å². The SMILES string of the molecule is CN=C(/C=C(\C)c1ccc(C#N)cc1)C(=O)N1CCCC1. The van der Waals surface area contributed by atoms with Gasteiger partial charge in [0.1, 0.15) is 5.71 Å². The van der Waals surface area contributed by atoms with Crippen molar-refractivity contribution in [2.75, 3.05) is 20.1 Å². The molecule has 0 aliphatic carbocycles. The third-order valence-corrected chi connectivity index (χ3v) is 3.68. The first kappa shape index (κ1) is 15.0. The zero-order valence-corrected chi connectivity index (χ0v) is 12.5. The van der Waals surface area contributed by atoms with Crippen LogP contribution in [0.4, 0.5) is 0 Å². The van der Waals surface area contributed by atoms with E-state index in [2.05, 4.69) is 11.1 Å². The average Bonchev–Trinajstić information content (AvgIpc) is 3.06. The van der Waals surface area contributed by atoms with Gasteiger partial charge >= 0.3 is 0 Å². The summed E-state index contributed by atoms with van der Waals surface area (Å²) in [6.45, 7) is 3.59. The van der Waals surface area contributed by atoms with Crippen LogP contribution in [-0.2, 0) is 4.79 Å². The lowest BCUT2D eigenvalue weighted by atomic mass is 10.0. The first-order valence-electron chi connectivity index (χ1n) is 7.10. The van der Waals surface area contributed by atoms with E-state index >= 15 is 0 Å². The minimum Gasteiger partial charge on any atom is -0.337 e. The van der Waals surface area contributed by atoms with Crippen molar-refractivity contribution in [1.29, 1.82) is 5.26 Å². The Balaban J connectivity index is 2.18. The summed E-state index contributed by atoms with van der Waals surface area (Å²) in [5, 5.41) is 8.81. The Bertz CT molecular complexity index is 614. The molecule has 0 saturated carbocycles. The molecular weight excluding hydrogens is 262 g/mol. The number of amides is 1. The van der Waals surface area contributed by atoms with Crippen LogP contribution in [0.5, 0.6) is 0 Å². The van der Waals surface area contributed by atoms with Crippen molar-refractivity contribution in [2.45, 2.75) is 19.8 Å². The molecule has 1 heterocycles. The Morgan fingerprint density at radius 2 is 1.90 bits per heavy atom. The van der Waals surface area contributed by atoms with Gasteiger partial charge in [0.05, 0.1) is 11.6 Å². The monoisotopic (exact) mass is 281 g/mol. The maximum absolute atomic E-state index is 12.4. The molecule has 1 aromatic rings. The summed E-state index contributed by atoms with van der Waals surface area (Å²) in [4.78, 5) is 18.3. The Kier molecular flexibility index (Phi) is 4.89. The molecule has 2 rings (SSSR count). The number of carbonyl (C=O) groups is 1. The van der Waals surface area contributed by atoms with Crippen molar-refractivity contribution in [1.82, 2.24) is 4.90 Å². The fourth-order valence-corrected chi connectivity index (χ4v) is 2.40. The van der Waals surface area contributed by atoms with E-state index in [0.717, 1.165) is 37.1 Å². The number of benzene rings is 1. The van der Waals surface area contributed by atoms with E-state index in [9.17, 15) is 4.79 Å². The van der Waals surface area contributed by atoms with E-state index in [0.29, 0.717) is 11.3 Å². The minimum absolute atomic E-state index is 0.00277. The second kappa shape index (κ2) is 6.85. The fourth-order valence-electron chi connectivity index (χ4n) is 2.40. The van der Waals surface area contributed by atoms with E-state index in [1.807, 2.05) is 30.0 Å². The predicted molar refractivity (Wildman–Crippen MR) is 84.0 cm³/mol. The standard InChI is InChI=1S/C17H19N3O/c1-13(15-7-5-14(12-18)6-8-15)11-16(19-2)17(21)20-9-3-4-10-20/h5-8,11H,3-4,9-10H2,1-2H3/b13-11+,19-16?. The molecule has 0 N–H and O–H groups in total. The minimum atomic E-state index is 0.00277. The van der Waals surface area contributed by atoms with Crippen LogP contribution in [0.3, 0.4) is 0 Å². The molecule has 108 valence electrons. The molecule has 21 heavy (non-hydrogen) atoms. The van der Waals surface area contributed by atoms with Gasteiger partial charge in [-0.3, -0.25) is 9.79 Å². The zero-order chi connectivity index (χ0) is 15.2. The summed E-state index contributed by atoms with van der Waals surface area (Å²) >= 11 is 0. The van der Waals surface area contributed by atoms with Gasteiger partial charge in [0.15, 0.2) is 0 Å². The Morgan fingerprint density at radius 3 is 2.43 bits per heavy atom. The molecular formula is C17H19N3O. The Morgan fingerprint density at radius 1 is 1.29 bits per heavy atom. The highest BCUT2D eigenvalue weighted by Crippen LogP contribution is 2.16. The summed E-state index contributed by atoms with van der Waals surface area (Å²) in [5.74, 6) is 0.00277. The van der Waals surface area contributed by atoms with Crippen molar-refractivity contribution >= 4 is 17.2 Å². The van der Waals surface area contributed by atoms with E-state index < -0.39 is 0 Å². The zero-order valence-electron chi connectivity index (χ0n) is 12.5. The number of likely N-dealkylation sites (tertiary alicyclic amines) is 1. The maximum Gasteiger partial charge on any atom is 0.271 e. The lowest BCUT2D eigenvalue weighted by Crippen LogP contribution is -2.33. The highest BCUT2D eigenvalue weighted by molar-refractivity contribution is 6.44. The van der Waals surface area contributed by atoms with Crippen LogP contribution in [-0.4, -0.2) is 36.7 Å². The molecule has 0 spiro atoms. The van der Waals surface area contributed by atoms with Gasteiger partial charge in [0.25, 0.3) is 5.91 Å². The Labute approximate surface area is 125 Å². The molecule has 0 aromatic heterocycles. The molecule has 0 bridgehead atoms. The largest absolute Gasteiger partial charge is 0.337 e. The number of carbonyl (C=O) groups excluding carboxylic acids is 1. The third kappa shape index (κ3) is 3.57. The van der Waals surface area contributed by atoms with Gasteiger partial charge in [-0.15, -0.1) is 0 Å². The molecule has 4 nitrogen and oxygen atoms in total. The molecule has 1 aliphatic rings. The summed E-state index contributed by atoms with van der Waals surface area (Å²) in [6, 6.07) is 9.42. The number of allylic oxidation sites excluding steroid dienone is 1. The van der Waals surface area contributed by atoms with E-state index in [-0.39, 0.29) is 5.91 Å². The molecule has 1 fully saturated rings. The average molecular weight is 281 g/mol. The van der Waals surface area contributed by atoms with Crippen molar-refractivity contribution in [3.05, 3.63) is 41.5 Å². The van der Waals surface area contributed by atoms with Crippen molar-refractivity contribution in [3.8, 4) is 6.07 Å². The van der Waals surface area contributed by atoms with E-state index in [1.165, 1.54) is 0 Å². The predicted octanol–water partition coefficient (Wildman–Crippen LogP) is 2.65. The van der Waals surface area contributed by atoms with Crippen LogP contribution in [0.15, 0.2) is 35.3 Å². The van der Waals surface area contributed by atoms with Crippen LogP contribution in [0, 0.1) is 11.3 Å². The highest BCUT2D eigenvalue weighted by Gasteiger charge is 2.21. The number of nitrogens with zero attached hydrogens (tertiary/aromatic N) is 3. The molecule has 1 amide bonds. The summed E-state index contributed by atoms with van der Waals surface area (Å²) < 4.78 is 0. The van der Waals surface area contributed by atoms with Crippen LogP contribution in [0.25, 0.3) is 5.57 Å². The molecule has 0 unspecified atom stereocenters. The number of hydrogen-bond acceptors (Lipinski definition) is 3. The molecule has 1 aliphatic heterocycles. The second-order valence-electron chi connectivity index (χ2n) is 5.12. The topological polar surface area (TPSA) is 56.5 Å². The van der Waals surface area contributed by atoms with Gasteiger partial charge in [-0.25, -0.2) is 0 Å². The van der Waals surface area contributed by atoms with Crippen molar-refractivity contribution in [2.24, 2.45) is 4.99 Å². The molecule has 0 radical (unpaired) electrons. The van der Waals surface area contributed by atoms with Crippen LogP contribution < -0.4 is 0 Å².